The molecule has 0 unspecified atom stereocenters. The van der Waals surface area contributed by atoms with E-state index in [0.29, 0.717) is 28.8 Å². The van der Waals surface area contributed by atoms with Gasteiger partial charge in [0.15, 0.2) is 5.65 Å². The molecule has 8 nitrogen and oxygen atoms in total. The summed E-state index contributed by atoms with van der Waals surface area (Å²) in [4.78, 5) is 37.4. The van der Waals surface area contributed by atoms with Crippen LogP contribution in [0.15, 0.2) is 65.3 Å². The number of halogens is 2. The van der Waals surface area contributed by atoms with Gasteiger partial charge in [-0.2, -0.15) is 4.98 Å². The summed E-state index contributed by atoms with van der Waals surface area (Å²) >= 11 is 3.54. The Hall–Kier alpha value is -3.92. The zero-order valence-corrected chi connectivity index (χ0v) is 19.7. The summed E-state index contributed by atoms with van der Waals surface area (Å²) in [6.07, 6.45) is 1.61. The first-order valence-electron chi connectivity index (χ1n) is 10.4. The molecular weight excluding hydrogens is 503 g/mol. The molecule has 0 saturated heterocycles. The molecule has 34 heavy (non-hydrogen) atoms. The number of benzene rings is 2. The maximum absolute atomic E-state index is 13.2. The van der Waals surface area contributed by atoms with Crippen LogP contribution in [-0.4, -0.2) is 39.9 Å². The Morgan fingerprint density at radius 3 is 2.44 bits per heavy atom. The summed E-state index contributed by atoms with van der Waals surface area (Å²) in [5.41, 5.74) is 2.52. The van der Waals surface area contributed by atoms with Gasteiger partial charge in [0.05, 0.1) is 0 Å². The van der Waals surface area contributed by atoms with Crippen molar-refractivity contribution in [3.05, 3.63) is 76.8 Å². The van der Waals surface area contributed by atoms with Gasteiger partial charge >= 0.3 is 0 Å². The SMILES string of the molecule is CC(=O)NCCNC(=O)c1nc2nc(Nc3ccc(F)cc3)ncc2cc1-c1ccccc1Br. The quantitative estimate of drug-likeness (QED) is 0.314. The predicted molar refractivity (Wildman–Crippen MR) is 131 cm³/mol. The minimum absolute atomic E-state index is 0.176. The van der Waals surface area contributed by atoms with Crippen LogP contribution in [-0.2, 0) is 4.79 Å². The molecule has 0 fully saturated rings. The normalized spacial score (nSPS) is 10.7. The van der Waals surface area contributed by atoms with Crippen LogP contribution < -0.4 is 16.0 Å². The third-order valence-corrected chi connectivity index (χ3v) is 5.52. The van der Waals surface area contributed by atoms with E-state index in [1.54, 1.807) is 18.3 Å². The fraction of sp³-hybridized carbons (Fsp3) is 0.125. The van der Waals surface area contributed by atoms with E-state index in [0.717, 1.165) is 10.0 Å². The second kappa shape index (κ2) is 10.3. The predicted octanol–water partition coefficient (Wildman–Crippen LogP) is 4.20. The van der Waals surface area contributed by atoms with Crippen molar-refractivity contribution in [1.82, 2.24) is 25.6 Å². The minimum Gasteiger partial charge on any atom is -0.355 e. The third-order valence-electron chi connectivity index (χ3n) is 4.83. The fourth-order valence-electron chi connectivity index (χ4n) is 3.24. The number of aromatic nitrogens is 3. The first kappa shape index (κ1) is 23.2. The molecule has 172 valence electrons. The van der Waals surface area contributed by atoms with E-state index in [1.807, 2.05) is 30.3 Å². The Balaban J connectivity index is 1.71. The number of hydrogen-bond acceptors (Lipinski definition) is 6. The minimum atomic E-state index is -0.398. The van der Waals surface area contributed by atoms with E-state index in [4.69, 9.17) is 0 Å². The highest BCUT2D eigenvalue weighted by molar-refractivity contribution is 9.10. The Morgan fingerprint density at radius 2 is 1.71 bits per heavy atom. The number of amides is 2. The Labute approximate surface area is 203 Å². The van der Waals surface area contributed by atoms with Crippen LogP contribution in [0.1, 0.15) is 17.4 Å². The first-order valence-corrected chi connectivity index (χ1v) is 11.2. The van der Waals surface area contributed by atoms with Crippen LogP contribution in [0.2, 0.25) is 0 Å². The zero-order valence-electron chi connectivity index (χ0n) is 18.1. The summed E-state index contributed by atoms with van der Waals surface area (Å²) < 4.78 is 14.0. The van der Waals surface area contributed by atoms with Gasteiger partial charge in [-0.05, 0) is 42.0 Å². The van der Waals surface area contributed by atoms with E-state index in [-0.39, 0.29) is 29.9 Å². The molecule has 3 N–H and O–H groups in total. The largest absolute Gasteiger partial charge is 0.355 e. The van der Waals surface area contributed by atoms with Crippen LogP contribution in [0.4, 0.5) is 16.0 Å². The maximum Gasteiger partial charge on any atom is 0.270 e. The molecule has 0 aliphatic heterocycles. The van der Waals surface area contributed by atoms with Crippen molar-refractivity contribution in [3.8, 4) is 11.1 Å². The lowest BCUT2D eigenvalue weighted by atomic mass is 10.0. The number of nitrogens with zero attached hydrogens (tertiary/aromatic N) is 3. The smallest absolute Gasteiger partial charge is 0.270 e. The third kappa shape index (κ3) is 5.52. The van der Waals surface area contributed by atoms with Gasteiger partial charge in [0.25, 0.3) is 5.91 Å². The number of nitrogens with one attached hydrogen (secondary N) is 3. The van der Waals surface area contributed by atoms with Gasteiger partial charge < -0.3 is 16.0 Å². The summed E-state index contributed by atoms with van der Waals surface area (Å²) in [5, 5.41) is 9.07. The number of carbonyl (C=O) groups is 2. The van der Waals surface area contributed by atoms with Gasteiger partial charge in [-0.15, -0.1) is 0 Å². The Kier molecular flexibility index (Phi) is 7.07. The molecule has 0 atom stereocenters. The molecule has 2 aromatic heterocycles. The van der Waals surface area contributed by atoms with Crippen molar-refractivity contribution in [3.63, 3.8) is 0 Å². The van der Waals surface area contributed by atoms with Gasteiger partial charge in [-0.1, -0.05) is 34.1 Å². The molecule has 0 spiro atoms. The molecule has 2 heterocycles. The second-order valence-corrected chi connectivity index (χ2v) is 8.20. The molecule has 0 radical (unpaired) electrons. The monoisotopic (exact) mass is 522 g/mol. The number of anilines is 2. The van der Waals surface area contributed by atoms with E-state index in [1.165, 1.54) is 19.1 Å². The summed E-state index contributed by atoms with van der Waals surface area (Å²) in [7, 11) is 0. The second-order valence-electron chi connectivity index (χ2n) is 7.34. The molecule has 2 aromatic carbocycles. The fourth-order valence-corrected chi connectivity index (χ4v) is 3.74. The highest BCUT2D eigenvalue weighted by Gasteiger charge is 2.19. The average molecular weight is 523 g/mol. The lowest BCUT2D eigenvalue weighted by Gasteiger charge is -2.13. The molecule has 0 bridgehead atoms. The van der Waals surface area contributed by atoms with Crippen molar-refractivity contribution in [2.24, 2.45) is 0 Å². The number of rotatable bonds is 7. The van der Waals surface area contributed by atoms with E-state index in [2.05, 4.69) is 46.8 Å². The zero-order chi connectivity index (χ0) is 24.1. The van der Waals surface area contributed by atoms with Gasteiger partial charge in [0, 0.05) is 47.3 Å². The van der Waals surface area contributed by atoms with Crippen molar-refractivity contribution in [2.75, 3.05) is 18.4 Å². The molecule has 4 aromatic rings. The molecule has 0 aliphatic carbocycles. The van der Waals surface area contributed by atoms with Crippen LogP contribution in [0.3, 0.4) is 0 Å². The average Bonchev–Trinajstić information content (AvgIpc) is 2.82. The van der Waals surface area contributed by atoms with Gasteiger partial charge in [0.2, 0.25) is 11.9 Å². The number of carbonyl (C=O) groups excluding carboxylic acids is 2. The topological polar surface area (TPSA) is 109 Å². The van der Waals surface area contributed by atoms with Gasteiger partial charge in [0.1, 0.15) is 11.5 Å². The van der Waals surface area contributed by atoms with E-state index < -0.39 is 5.91 Å². The summed E-state index contributed by atoms with van der Waals surface area (Å²) in [6.45, 7) is 1.95. The molecule has 4 rings (SSSR count). The van der Waals surface area contributed by atoms with Crippen LogP contribution >= 0.6 is 15.9 Å². The molecule has 2 amide bonds. The molecule has 0 saturated carbocycles. The van der Waals surface area contributed by atoms with Crippen LogP contribution in [0.25, 0.3) is 22.2 Å². The maximum atomic E-state index is 13.2. The lowest BCUT2D eigenvalue weighted by molar-refractivity contribution is -0.118. The van der Waals surface area contributed by atoms with Crippen LogP contribution in [0, 0.1) is 5.82 Å². The standard InChI is InChI=1S/C24H20BrFN6O2/c1-14(33)27-10-11-28-23(34)21-19(18-4-2-3-5-20(18)25)12-15-13-29-24(32-22(15)31-21)30-17-8-6-16(26)7-9-17/h2-9,12-13H,10-11H2,1H3,(H,27,33)(H,28,34)(H,29,30,31,32). The lowest BCUT2D eigenvalue weighted by Crippen LogP contribution is -2.34. The van der Waals surface area contributed by atoms with E-state index in [9.17, 15) is 14.0 Å². The van der Waals surface area contributed by atoms with Crippen molar-refractivity contribution in [2.45, 2.75) is 6.92 Å². The van der Waals surface area contributed by atoms with Crippen molar-refractivity contribution < 1.29 is 14.0 Å². The highest BCUT2D eigenvalue weighted by Crippen LogP contribution is 2.32. The highest BCUT2D eigenvalue weighted by atomic mass is 79.9. The Morgan fingerprint density at radius 1 is 0.971 bits per heavy atom. The first-order chi connectivity index (χ1) is 16.4. The summed E-state index contributed by atoms with van der Waals surface area (Å²) in [5.74, 6) is -0.660. The Bertz CT molecular complexity index is 1360. The molecule has 0 aliphatic rings. The number of pyridine rings is 1. The van der Waals surface area contributed by atoms with Gasteiger partial charge in [-0.3, -0.25) is 9.59 Å². The number of hydrogen-bond donors (Lipinski definition) is 3. The van der Waals surface area contributed by atoms with Crippen molar-refractivity contribution >= 4 is 50.4 Å². The number of fused-ring (bicyclic) bond motifs is 1. The van der Waals surface area contributed by atoms with Crippen LogP contribution in [0.5, 0.6) is 0 Å². The van der Waals surface area contributed by atoms with E-state index >= 15 is 0 Å². The van der Waals surface area contributed by atoms with Gasteiger partial charge in [-0.25, -0.2) is 14.4 Å². The molecule has 10 heteroatoms. The molecular formula is C24H20BrFN6O2. The van der Waals surface area contributed by atoms with Crippen molar-refractivity contribution in [1.29, 1.82) is 0 Å². The summed E-state index contributed by atoms with van der Waals surface area (Å²) in [6, 6.07) is 15.1.